The van der Waals surface area contributed by atoms with Gasteiger partial charge in [-0.15, -0.1) is 0 Å². The number of urea groups is 1. The first-order valence-corrected chi connectivity index (χ1v) is 9.49. The number of amides is 4. The lowest BCUT2D eigenvalue weighted by molar-refractivity contribution is -0.131. The van der Waals surface area contributed by atoms with Crippen molar-refractivity contribution in [2.45, 2.75) is 39.3 Å². The summed E-state index contributed by atoms with van der Waals surface area (Å²) in [5.74, 6) is -0.587. The summed E-state index contributed by atoms with van der Waals surface area (Å²) in [5.41, 5.74) is 3.70. The molecule has 28 heavy (non-hydrogen) atoms. The fourth-order valence-corrected chi connectivity index (χ4v) is 4.07. The number of hydrogen-bond donors (Lipinski definition) is 0. The van der Waals surface area contributed by atoms with Gasteiger partial charge in [0.25, 0.3) is 5.91 Å². The SMILES string of the molecule is Cc1ccc(N2C(=O)N(CC(=O)N3c4ccccc4C[C@@H]3C)C(=O)[C@@H]2C)cc1. The van der Waals surface area contributed by atoms with E-state index in [1.165, 1.54) is 4.90 Å². The van der Waals surface area contributed by atoms with Crippen LogP contribution in [0.2, 0.25) is 0 Å². The molecule has 144 valence electrons. The van der Waals surface area contributed by atoms with Gasteiger partial charge in [-0.1, -0.05) is 35.9 Å². The van der Waals surface area contributed by atoms with Gasteiger partial charge in [0.2, 0.25) is 5.91 Å². The summed E-state index contributed by atoms with van der Waals surface area (Å²) in [6, 6.07) is 14.1. The van der Waals surface area contributed by atoms with Gasteiger partial charge in [-0.05, 0) is 51.0 Å². The van der Waals surface area contributed by atoms with Crippen LogP contribution in [-0.4, -0.2) is 41.4 Å². The molecule has 2 atom stereocenters. The Bertz CT molecular complexity index is 954. The van der Waals surface area contributed by atoms with Crippen LogP contribution in [0.5, 0.6) is 0 Å². The number of fused-ring (bicyclic) bond motifs is 1. The number of carbonyl (C=O) groups excluding carboxylic acids is 3. The van der Waals surface area contributed by atoms with E-state index in [4.69, 9.17) is 0 Å². The third-order valence-corrected chi connectivity index (χ3v) is 5.53. The van der Waals surface area contributed by atoms with Crippen LogP contribution in [0.1, 0.15) is 25.0 Å². The predicted molar refractivity (Wildman–Crippen MR) is 107 cm³/mol. The molecular formula is C22H23N3O3. The van der Waals surface area contributed by atoms with E-state index in [1.54, 1.807) is 11.8 Å². The Labute approximate surface area is 164 Å². The van der Waals surface area contributed by atoms with E-state index in [1.807, 2.05) is 62.4 Å². The Hall–Kier alpha value is -3.15. The maximum absolute atomic E-state index is 13.0. The summed E-state index contributed by atoms with van der Waals surface area (Å²) >= 11 is 0. The molecule has 1 fully saturated rings. The molecule has 0 bridgehead atoms. The molecule has 6 heteroatoms. The monoisotopic (exact) mass is 377 g/mol. The molecule has 2 aliphatic rings. The van der Waals surface area contributed by atoms with Crippen LogP contribution in [0.15, 0.2) is 48.5 Å². The van der Waals surface area contributed by atoms with Gasteiger partial charge in [0.15, 0.2) is 0 Å². The molecule has 2 aliphatic heterocycles. The van der Waals surface area contributed by atoms with Crippen molar-refractivity contribution in [3.63, 3.8) is 0 Å². The van der Waals surface area contributed by atoms with Gasteiger partial charge in [-0.3, -0.25) is 19.4 Å². The molecular weight excluding hydrogens is 354 g/mol. The van der Waals surface area contributed by atoms with Crippen molar-refractivity contribution in [1.82, 2.24) is 4.90 Å². The van der Waals surface area contributed by atoms with Crippen LogP contribution >= 0.6 is 0 Å². The van der Waals surface area contributed by atoms with Gasteiger partial charge >= 0.3 is 6.03 Å². The topological polar surface area (TPSA) is 60.9 Å². The van der Waals surface area contributed by atoms with Crippen LogP contribution in [-0.2, 0) is 16.0 Å². The van der Waals surface area contributed by atoms with Crippen molar-refractivity contribution in [3.8, 4) is 0 Å². The van der Waals surface area contributed by atoms with E-state index in [0.29, 0.717) is 5.69 Å². The average molecular weight is 377 g/mol. The van der Waals surface area contributed by atoms with Gasteiger partial charge in [0, 0.05) is 17.4 Å². The van der Waals surface area contributed by atoms with Crippen molar-refractivity contribution in [3.05, 3.63) is 59.7 Å². The summed E-state index contributed by atoms with van der Waals surface area (Å²) < 4.78 is 0. The number of nitrogens with zero attached hydrogens (tertiary/aromatic N) is 3. The van der Waals surface area contributed by atoms with E-state index in [-0.39, 0.29) is 24.4 Å². The lowest BCUT2D eigenvalue weighted by Crippen LogP contribution is -2.45. The minimum Gasteiger partial charge on any atom is -0.307 e. The Balaban J connectivity index is 1.56. The van der Waals surface area contributed by atoms with Crippen molar-refractivity contribution < 1.29 is 14.4 Å². The Morgan fingerprint density at radius 1 is 1.04 bits per heavy atom. The molecule has 0 radical (unpaired) electrons. The minimum absolute atomic E-state index is 0.00309. The molecule has 0 aromatic heterocycles. The molecule has 4 rings (SSSR count). The normalized spacial score (nSPS) is 21.5. The highest BCUT2D eigenvalue weighted by atomic mass is 16.2. The average Bonchev–Trinajstić information content (AvgIpc) is 3.11. The van der Waals surface area contributed by atoms with E-state index >= 15 is 0 Å². The number of hydrogen-bond acceptors (Lipinski definition) is 3. The molecule has 4 amide bonds. The largest absolute Gasteiger partial charge is 0.332 e. The van der Waals surface area contributed by atoms with Gasteiger partial charge in [-0.2, -0.15) is 0 Å². The second kappa shape index (κ2) is 6.78. The number of anilines is 2. The number of para-hydroxylation sites is 1. The van der Waals surface area contributed by atoms with E-state index < -0.39 is 12.1 Å². The number of benzene rings is 2. The first kappa shape index (κ1) is 18.2. The molecule has 6 nitrogen and oxygen atoms in total. The lowest BCUT2D eigenvalue weighted by Gasteiger charge is -2.25. The highest BCUT2D eigenvalue weighted by Gasteiger charge is 2.45. The zero-order valence-electron chi connectivity index (χ0n) is 16.3. The van der Waals surface area contributed by atoms with Gasteiger partial charge in [0.1, 0.15) is 12.6 Å². The van der Waals surface area contributed by atoms with E-state index in [0.717, 1.165) is 28.1 Å². The molecule has 0 aliphatic carbocycles. The summed E-state index contributed by atoms with van der Waals surface area (Å²) in [5, 5.41) is 0. The molecule has 2 aromatic carbocycles. The van der Waals surface area contributed by atoms with Crippen molar-refractivity contribution in [1.29, 1.82) is 0 Å². The maximum atomic E-state index is 13.0. The van der Waals surface area contributed by atoms with Gasteiger partial charge in [-0.25, -0.2) is 4.79 Å². The van der Waals surface area contributed by atoms with Crippen LogP contribution in [0.3, 0.4) is 0 Å². The zero-order valence-corrected chi connectivity index (χ0v) is 16.3. The molecule has 2 heterocycles. The summed E-state index contributed by atoms with van der Waals surface area (Å²) in [6.45, 7) is 5.39. The lowest BCUT2D eigenvalue weighted by atomic mass is 10.1. The van der Waals surface area contributed by atoms with Crippen molar-refractivity contribution in [2.75, 3.05) is 16.3 Å². The predicted octanol–water partition coefficient (Wildman–Crippen LogP) is 3.13. The third kappa shape index (κ3) is 2.85. The first-order chi connectivity index (χ1) is 13.4. The summed E-state index contributed by atoms with van der Waals surface area (Å²) in [6.07, 6.45) is 0.774. The van der Waals surface area contributed by atoms with Crippen molar-refractivity contribution >= 4 is 29.2 Å². The standard InChI is InChI=1S/C22H23N3O3/c1-14-8-10-18(11-9-14)25-16(3)21(27)23(22(25)28)13-20(26)24-15(2)12-17-6-4-5-7-19(17)24/h4-11,15-16H,12-13H2,1-3H3/t15-,16-/m0/s1. The number of aryl methyl sites for hydroxylation is 1. The third-order valence-electron chi connectivity index (χ3n) is 5.53. The number of carbonyl (C=O) groups is 3. The van der Waals surface area contributed by atoms with Gasteiger partial charge < -0.3 is 4.90 Å². The summed E-state index contributed by atoms with van der Waals surface area (Å²) in [7, 11) is 0. The maximum Gasteiger partial charge on any atom is 0.332 e. The second-order valence-electron chi connectivity index (χ2n) is 7.53. The van der Waals surface area contributed by atoms with Crippen molar-refractivity contribution in [2.24, 2.45) is 0 Å². The molecule has 0 saturated carbocycles. The van der Waals surface area contributed by atoms with Gasteiger partial charge in [0.05, 0.1) is 0 Å². The van der Waals surface area contributed by atoms with Crippen LogP contribution in [0.4, 0.5) is 16.2 Å². The molecule has 0 spiro atoms. The van der Waals surface area contributed by atoms with E-state index in [2.05, 4.69) is 0 Å². The summed E-state index contributed by atoms with van der Waals surface area (Å²) in [4.78, 5) is 42.9. The number of rotatable bonds is 3. The fourth-order valence-electron chi connectivity index (χ4n) is 4.07. The zero-order chi connectivity index (χ0) is 20.0. The minimum atomic E-state index is -0.633. The Morgan fingerprint density at radius 3 is 2.43 bits per heavy atom. The number of imide groups is 1. The molecule has 1 saturated heterocycles. The molecule has 2 aromatic rings. The highest BCUT2D eigenvalue weighted by Crippen LogP contribution is 2.32. The first-order valence-electron chi connectivity index (χ1n) is 9.49. The molecule has 0 N–H and O–H groups in total. The smallest absolute Gasteiger partial charge is 0.307 e. The quantitative estimate of drug-likeness (QED) is 0.772. The van der Waals surface area contributed by atoms with Crippen LogP contribution in [0.25, 0.3) is 0 Å². The fraction of sp³-hybridized carbons (Fsp3) is 0.318. The Kier molecular flexibility index (Phi) is 4.41. The Morgan fingerprint density at radius 2 is 1.71 bits per heavy atom. The highest BCUT2D eigenvalue weighted by molar-refractivity contribution is 6.16. The molecule has 0 unspecified atom stereocenters. The van der Waals surface area contributed by atoms with E-state index in [9.17, 15) is 14.4 Å². The second-order valence-corrected chi connectivity index (χ2v) is 7.53. The van der Waals surface area contributed by atoms with Crippen LogP contribution in [0, 0.1) is 6.92 Å². The van der Waals surface area contributed by atoms with Crippen LogP contribution < -0.4 is 9.80 Å².